The molecule has 112 valence electrons. The number of carbonyl (C=O) groups is 1. The van der Waals surface area contributed by atoms with Crippen LogP contribution < -0.4 is 0 Å². The van der Waals surface area contributed by atoms with Gasteiger partial charge in [-0.05, 0) is 25.0 Å². The van der Waals surface area contributed by atoms with Gasteiger partial charge in [0.15, 0.2) is 6.29 Å². The summed E-state index contributed by atoms with van der Waals surface area (Å²) in [5.41, 5.74) is 1.12. The second-order valence-electron chi connectivity index (χ2n) is 4.75. The standard InChI is InChI=1S/C15H15Cl2FN2O/c1-3-10(4-2)20-7-9(8-21)15(19-20)11-5-14(18)13(17)6-12(11)16/h5-8,10H,3-4H2,1-2H3. The van der Waals surface area contributed by atoms with Crippen molar-refractivity contribution in [2.24, 2.45) is 0 Å². The van der Waals surface area contributed by atoms with E-state index in [9.17, 15) is 9.18 Å². The highest BCUT2D eigenvalue weighted by Crippen LogP contribution is 2.33. The topological polar surface area (TPSA) is 34.9 Å². The second kappa shape index (κ2) is 6.58. The molecule has 0 atom stereocenters. The molecule has 6 heteroatoms. The summed E-state index contributed by atoms with van der Waals surface area (Å²) in [6, 6.07) is 2.71. The van der Waals surface area contributed by atoms with E-state index in [1.54, 1.807) is 10.9 Å². The van der Waals surface area contributed by atoms with Crippen molar-refractivity contribution in [2.75, 3.05) is 0 Å². The summed E-state index contributed by atoms with van der Waals surface area (Å²) in [6.07, 6.45) is 4.14. The first-order valence-corrected chi connectivity index (χ1v) is 7.46. The third-order valence-corrected chi connectivity index (χ3v) is 4.07. The van der Waals surface area contributed by atoms with Gasteiger partial charge in [0, 0.05) is 11.8 Å². The largest absolute Gasteiger partial charge is 0.298 e. The lowest BCUT2D eigenvalue weighted by Crippen LogP contribution is -2.07. The van der Waals surface area contributed by atoms with Crippen molar-refractivity contribution in [1.29, 1.82) is 0 Å². The van der Waals surface area contributed by atoms with E-state index in [4.69, 9.17) is 23.2 Å². The third-order valence-electron chi connectivity index (χ3n) is 3.47. The Kier molecular flexibility index (Phi) is 5.01. The van der Waals surface area contributed by atoms with Crippen LogP contribution in [-0.4, -0.2) is 16.1 Å². The lowest BCUT2D eigenvalue weighted by Gasteiger charge is -2.12. The van der Waals surface area contributed by atoms with E-state index in [-0.39, 0.29) is 16.1 Å². The third kappa shape index (κ3) is 3.11. The van der Waals surface area contributed by atoms with E-state index in [0.29, 0.717) is 23.1 Å². The van der Waals surface area contributed by atoms with Gasteiger partial charge in [0.25, 0.3) is 0 Å². The number of benzene rings is 1. The smallest absolute Gasteiger partial charge is 0.153 e. The molecule has 0 unspecified atom stereocenters. The molecule has 0 radical (unpaired) electrons. The van der Waals surface area contributed by atoms with Crippen LogP contribution in [0.15, 0.2) is 18.3 Å². The number of nitrogens with zero attached hydrogens (tertiary/aromatic N) is 2. The molecule has 1 heterocycles. The molecule has 2 aromatic rings. The molecule has 21 heavy (non-hydrogen) atoms. The summed E-state index contributed by atoms with van der Waals surface area (Å²) in [7, 11) is 0. The van der Waals surface area contributed by atoms with Gasteiger partial charge in [0.05, 0.1) is 21.7 Å². The molecule has 0 aliphatic rings. The van der Waals surface area contributed by atoms with Crippen molar-refractivity contribution in [3.63, 3.8) is 0 Å². The quantitative estimate of drug-likeness (QED) is 0.560. The van der Waals surface area contributed by atoms with Gasteiger partial charge in [0.2, 0.25) is 0 Å². The summed E-state index contributed by atoms with van der Waals surface area (Å²) < 4.78 is 15.4. The highest BCUT2D eigenvalue weighted by Gasteiger charge is 2.18. The van der Waals surface area contributed by atoms with Gasteiger partial charge in [-0.3, -0.25) is 9.48 Å². The summed E-state index contributed by atoms with van der Waals surface area (Å²) in [4.78, 5) is 11.3. The van der Waals surface area contributed by atoms with E-state index in [1.807, 2.05) is 13.8 Å². The highest BCUT2D eigenvalue weighted by atomic mass is 35.5. The minimum absolute atomic E-state index is 0.0594. The summed E-state index contributed by atoms with van der Waals surface area (Å²) in [6.45, 7) is 4.09. The van der Waals surface area contributed by atoms with Crippen molar-refractivity contribution < 1.29 is 9.18 Å². The summed E-state index contributed by atoms with van der Waals surface area (Å²) in [5.74, 6) is -0.593. The van der Waals surface area contributed by atoms with Crippen LogP contribution in [0.25, 0.3) is 11.3 Å². The van der Waals surface area contributed by atoms with Gasteiger partial charge < -0.3 is 0 Å². The van der Waals surface area contributed by atoms with Crippen molar-refractivity contribution in [1.82, 2.24) is 9.78 Å². The Hall–Kier alpha value is -1.39. The molecular weight excluding hydrogens is 314 g/mol. The molecule has 0 saturated carbocycles. The van der Waals surface area contributed by atoms with Crippen LogP contribution in [0.1, 0.15) is 43.1 Å². The Morgan fingerprint density at radius 3 is 2.52 bits per heavy atom. The number of aromatic nitrogens is 2. The van der Waals surface area contributed by atoms with E-state index >= 15 is 0 Å². The Morgan fingerprint density at radius 2 is 1.95 bits per heavy atom. The van der Waals surface area contributed by atoms with Crippen LogP contribution in [0.4, 0.5) is 4.39 Å². The zero-order valence-electron chi connectivity index (χ0n) is 11.7. The first-order chi connectivity index (χ1) is 10.0. The SMILES string of the molecule is CCC(CC)n1cc(C=O)c(-c2cc(F)c(Cl)cc2Cl)n1. The zero-order chi connectivity index (χ0) is 15.6. The lowest BCUT2D eigenvalue weighted by molar-refractivity contribution is 0.112. The molecule has 3 nitrogen and oxygen atoms in total. The monoisotopic (exact) mass is 328 g/mol. The van der Waals surface area contributed by atoms with Gasteiger partial charge in [-0.2, -0.15) is 5.10 Å². The van der Waals surface area contributed by atoms with Crippen LogP contribution >= 0.6 is 23.2 Å². The lowest BCUT2D eigenvalue weighted by atomic mass is 10.1. The van der Waals surface area contributed by atoms with Gasteiger partial charge in [-0.25, -0.2) is 4.39 Å². The first kappa shape index (κ1) is 16.0. The number of rotatable bonds is 5. The molecule has 0 fully saturated rings. The molecule has 0 saturated heterocycles. The predicted molar refractivity (Wildman–Crippen MR) is 82.6 cm³/mol. The van der Waals surface area contributed by atoms with E-state index < -0.39 is 5.82 Å². The molecule has 0 N–H and O–H groups in total. The van der Waals surface area contributed by atoms with Crippen molar-refractivity contribution >= 4 is 29.5 Å². The van der Waals surface area contributed by atoms with Gasteiger partial charge in [-0.15, -0.1) is 0 Å². The maximum absolute atomic E-state index is 13.7. The Labute approximate surface area is 132 Å². The molecule has 0 bridgehead atoms. The molecule has 1 aromatic carbocycles. The molecule has 0 spiro atoms. The Balaban J connectivity index is 2.58. The average Bonchev–Trinajstić information content (AvgIpc) is 2.88. The summed E-state index contributed by atoms with van der Waals surface area (Å²) >= 11 is 11.8. The van der Waals surface area contributed by atoms with Gasteiger partial charge in [-0.1, -0.05) is 37.0 Å². The number of halogens is 3. The van der Waals surface area contributed by atoms with Gasteiger partial charge in [0.1, 0.15) is 11.5 Å². The number of aldehydes is 1. The van der Waals surface area contributed by atoms with Crippen LogP contribution in [0.5, 0.6) is 0 Å². The minimum atomic E-state index is -0.593. The number of carbonyl (C=O) groups excluding carboxylic acids is 1. The predicted octanol–water partition coefficient (Wildman–Crippen LogP) is 5.17. The van der Waals surface area contributed by atoms with Crippen LogP contribution in [0, 0.1) is 5.82 Å². The van der Waals surface area contributed by atoms with Crippen molar-refractivity contribution in [3.8, 4) is 11.3 Å². The second-order valence-corrected chi connectivity index (χ2v) is 5.56. The average molecular weight is 329 g/mol. The molecule has 0 amide bonds. The van der Waals surface area contributed by atoms with E-state index in [1.165, 1.54) is 12.1 Å². The summed E-state index contributed by atoms with van der Waals surface area (Å²) in [5, 5.41) is 4.62. The van der Waals surface area contributed by atoms with Crippen LogP contribution in [0.2, 0.25) is 10.0 Å². The van der Waals surface area contributed by atoms with Gasteiger partial charge >= 0.3 is 0 Å². The highest BCUT2D eigenvalue weighted by molar-refractivity contribution is 6.36. The fraction of sp³-hybridized carbons (Fsp3) is 0.333. The first-order valence-electron chi connectivity index (χ1n) is 6.71. The van der Waals surface area contributed by atoms with Crippen molar-refractivity contribution in [2.45, 2.75) is 32.7 Å². The molecule has 2 rings (SSSR count). The van der Waals surface area contributed by atoms with E-state index in [2.05, 4.69) is 5.10 Å². The number of hydrogen-bond donors (Lipinski definition) is 0. The zero-order valence-corrected chi connectivity index (χ0v) is 13.2. The maximum atomic E-state index is 13.7. The minimum Gasteiger partial charge on any atom is -0.298 e. The van der Waals surface area contributed by atoms with Crippen molar-refractivity contribution in [3.05, 3.63) is 39.8 Å². The fourth-order valence-electron chi connectivity index (χ4n) is 2.26. The Morgan fingerprint density at radius 1 is 1.29 bits per heavy atom. The normalized spacial score (nSPS) is 11.1. The molecule has 1 aromatic heterocycles. The maximum Gasteiger partial charge on any atom is 0.153 e. The van der Waals surface area contributed by atoms with E-state index in [0.717, 1.165) is 12.8 Å². The molecule has 0 aliphatic carbocycles. The van der Waals surface area contributed by atoms with Crippen LogP contribution in [-0.2, 0) is 0 Å². The number of hydrogen-bond acceptors (Lipinski definition) is 2. The fourth-order valence-corrected chi connectivity index (χ4v) is 2.73. The Bertz CT molecular complexity index is 666. The van der Waals surface area contributed by atoms with Crippen LogP contribution in [0.3, 0.4) is 0 Å². The molecule has 0 aliphatic heterocycles. The molecular formula is C15H15Cl2FN2O.